The highest BCUT2D eigenvalue weighted by molar-refractivity contribution is 7.12. The molecule has 21 heavy (non-hydrogen) atoms. The number of carbonyl (C=O) groups is 1. The lowest BCUT2D eigenvalue weighted by Gasteiger charge is -2.06. The summed E-state index contributed by atoms with van der Waals surface area (Å²) in [4.78, 5) is 17.0. The van der Waals surface area contributed by atoms with Gasteiger partial charge < -0.3 is 10.4 Å². The molecule has 0 unspecified atom stereocenters. The highest BCUT2D eigenvalue weighted by atomic mass is 32.1. The number of anilines is 1. The van der Waals surface area contributed by atoms with Crippen LogP contribution in [0.5, 0.6) is 0 Å². The van der Waals surface area contributed by atoms with Crippen LogP contribution in [0.4, 0.5) is 5.69 Å². The van der Waals surface area contributed by atoms with E-state index in [1.165, 1.54) is 11.3 Å². The number of fused-ring (bicyclic) bond motifs is 1. The molecule has 0 saturated carbocycles. The summed E-state index contributed by atoms with van der Waals surface area (Å²) in [5.74, 6) is -0.793. The normalized spacial score (nSPS) is 10.7. The highest BCUT2D eigenvalue weighted by Crippen LogP contribution is 2.21. The molecule has 3 rings (SSSR count). The Morgan fingerprint density at radius 3 is 2.90 bits per heavy atom. The van der Waals surface area contributed by atoms with Crippen LogP contribution < -0.4 is 5.32 Å². The van der Waals surface area contributed by atoms with E-state index in [0.29, 0.717) is 6.54 Å². The molecule has 0 fully saturated rings. The van der Waals surface area contributed by atoms with Crippen LogP contribution in [0, 0.1) is 0 Å². The zero-order valence-corrected chi connectivity index (χ0v) is 12.1. The molecular weight excluding hydrogens is 284 g/mol. The van der Waals surface area contributed by atoms with E-state index in [9.17, 15) is 4.79 Å². The van der Waals surface area contributed by atoms with Gasteiger partial charge in [-0.3, -0.25) is 9.78 Å². The first-order chi connectivity index (χ1) is 10.2. The Bertz CT molecular complexity index is 783. The Hall–Kier alpha value is -2.40. The van der Waals surface area contributed by atoms with Crippen LogP contribution >= 0.6 is 11.3 Å². The lowest BCUT2D eigenvalue weighted by atomic mass is 10.2. The van der Waals surface area contributed by atoms with Crippen molar-refractivity contribution in [1.29, 1.82) is 0 Å². The summed E-state index contributed by atoms with van der Waals surface area (Å²) >= 11 is 1.53. The number of carboxylic acids is 1. The molecule has 1 aromatic carbocycles. The monoisotopic (exact) mass is 298 g/mol. The van der Waals surface area contributed by atoms with Crippen molar-refractivity contribution < 1.29 is 9.90 Å². The smallest absolute Gasteiger partial charge is 0.308 e. The fraction of sp³-hybridized carbons (Fsp3) is 0.125. The number of thiophene rings is 1. The molecule has 0 radical (unpaired) electrons. The van der Waals surface area contributed by atoms with E-state index < -0.39 is 5.97 Å². The molecule has 0 bridgehead atoms. The van der Waals surface area contributed by atoms with Crippen molar-refractivity contribution in [2.45, 2.75) is 13.0 Å². The maximum absolute atomic E-state index is 10.7. The molecule has 5 heteroatoms. The molecule has 0 aliphatic carbocycles. The second-order valence-corrected chi connectivity index (χ2v) is 5.96. The Balaban J connectivity index is 1.68. The maximum atomic E-state index is 10.7. The Morgan fingerprint density at radius 2 is 2.05 bits per heavy atom. The molecule has 3 aromatic rings. The number of pyridine rings is 1. The second-order valence-electron chi connectivity index (χ2n) is 4.70. The van der Waals surface area contributed by atoms with Gasteiger partial charge in [0.05, 0.1) is 11.9 Å². The van der Waals surface area contributed by atoms with Gasteiger partial charge in [-0.1, -0.05) is 6.07 Å². The number of nitrogens with one attached hydrogen (secondary N) is 1. The first kappa shape index (κ1) is 13.6. The first-order valence-corrected chi connectivity index (χ1v) is 7.40. The predicted molar refractivity (Wildman–Crippen MR) is 84.7 cm³/mol. The van der Waals surface area contributed by atoms with Gasteiger partial charge in [-0.2, -0.15) is 0 Å². The van der Waals surface area contributed by atoms with E-state index in [1.807, 2.05) is 36.4 Å². The van der Waals surface area contributed by atoms with Gasteiger partial charge >= 0.3 is 5.97 Å². The molecule has 4 nitrogen and oxygen atoms in total. The molecule has 0 aliphatic rings. The molecule has 0 spiro atoms. The minimum absolute atomic E-state index is 0.0896. The second kappa shape index (κ2) is 5.93. The highest BCUT2D eigenvalue weighted by Gasteiger charge is 2.04. The summed E-state index contributed by atoms with van der Waals surface area (Å²) in [6.45, 7) is 0.691. The van der Waals surface area contributed by atoms with Crippen LogP contribution in [0.1, 0.15) is 9.75 Å². The molecule has 0 aliphatic heterocycles. The largest absolute Gasteiger partial charge is 0.481 e. The van der Waals surface area contributed by atoms with E-state index in [2.05, 4.69) is 16.4 Å². The molecule has 0 atom stereocenters. The van der Waals surface area contributed by atoms with E-state index >= 15 is 0 Å². The number of benzene rings is 1. The van der Waals surface area contributed by atoms with Crippen molar-refractivity contribution >= 4 is 33.9 Å². The van der Waals surface area contributed by atoms with Crippen molar-refractivity contribution in [3.8, 4) is 0 Å². The zero-order valence-electron chi connectivity index (χ0n) is 11.2. The minimum Gasteiger partial charge on any atom is -0.481 e. The van der Waals surface area contributed by atoms with Crippen LogP contribution in [0.15, 0.2) is 48.7 Å². The predicted octanol–water partition coefficient (Wildman–Crippen LogP) is 3.54. The number of aromatic nitrogens is 1. The van der Waals surface area contributed by atoms with Crippen molar-refractivity contribution in [3.05, 3.63) is 58.4 Å². The number of aliphatic carboxylic acids is 1. The molecule has 2 heterocycles. The van der Waals surface area contributed by atoms with Gasteiger partial charge in [0, 0.05) is 33.6 Å². The van der Waals surface area contributed by atoms with Crippen molar-refractivity contribution in [2.75, 3.05) is 5.32 Å². The van der Waals surface area contributed by atoms with E-state index in [0.717, 1.165) is 26.3 Å². The Labute approximate surface area is 126 Å². The molecule has 2 N–H and O–H groups in total. The van der Waals surface area contributed by atoms with Crippen LogP contribution in [0.3, 0.4) is 0 Å². The minimum atomic E-state index is -0.793. The van der Waals surface area contributed by atoms with Crippen molar-refractivity contribution in [3.63, 3.8) is 0 Å². The number of carboxylic acid groups (broad SMARTS) is 1. The standard InChI is InChI=1S/C16H14N2O2S/c19-16(20)9-13-4-5-14(21-13)10-18-12-3-6-15-11(8-12)2-1-7-17-15/h1-8,18H,9-10H2,(H,19,20). The lowest BCUT2D eigenvalue weighted by molar-refractivity contribution is -0.136. The SMILES string of the molecule is O=C(O)Cc1ccc(CNc2ccc3ncccc3c2)s1. The van der Waals surface area contributed by atoms with Gasteiger partial charge in [0.1, 0.15) is 0 Å². The van der Waals surface area contributed by atoms with Gasteiger partial charge in [-0.05, 0) is 36.4 Å². The maximum Gasteiger partial charge on any atom is 0.308 e. The van der Waals surface area contributed by atoms with Gasteiger partial charge in [0.25, 0.3) is 0 Å². The summed E-state index contributed by atoms with van der Waals surface area (Å²) in [5.41, 5.74) is 2.01. The fourth-order valence-electron chi connectivity index (χ4n) is 2.14. The number of rotatable bonds is 5. The van der Waals surface area contributed by atoms with Crippen LogP contribution in [0.2, 0.25) is 0 Å². The average Bonchev–Trinajstić information content (AvgIpc) is 2.91. The van der Waals surface area contributed by atoms with Gasteiger partial charge in [-0.15, -0.1) is 11.3 Å². The molecule has 2 aromatic heterocycles. The topological polar surface area (TPSA) is 62.2 Å². The summed E-state index contributed by atoms with van der Waals surface area (Å²) in [6.07, 6.45) is 1.87. The third-order valence-electron chi connectivity index (χ3n) is 3.11. The van der Waals surface area contributed by atoms with Crippen molar-refractivity contribution in [1.82, 2.24) is 4.98 Å². The Morgan fingerprint density at radius 1 is 1.19 bits per heavy atom. The molecule has 0 amide bonds. The molecular formula is C16H14N2O2S. The van der Waals surface area contributed by atoms with Crippen LogP contribution in [-0.2, 0) is 17.8 Å². The van der Waals surface area contributed by atoms with Gasteiger partial charge in [0.15, 0.2) is 0 Å². The zero-order chi connectivity index (χ0) is 14.7. The lowest BCUT2D eigenvalue weighted by Crippen LogP contribution is -1.98. The average molecular weight is 298 g/mol. The third-order valence-corrected chi connectivity index (χ3v) is 4.20. The number of nitrogens with zero attached hydrogens (tertiary/aromatic N) is 1. The van der Waals surface area contributed by atoms with E-state index in [4.69, 9.17) is 5.11 Å². The summed E-state index contributed by atoms with van der Waals surface area (Å²) < 4.78 is 0. The quantitative estimate of drug-likeness (QED) is 0.756. The number of hydrogen-bond donors (Lipinski definition) is 2. The first-order valence-electron chi connectivity index (χ1n) is 6.59. The fourth-order valence-corrected chi connectivity index (χ4v) is 3.09. The third kappa shape index (κ3) is 3.38. The number of hydrogen-bond acceptors (Lipinski definition) is 4. The van der Waals surface area contributed by atoms with Crippen molar-refractivity contribution in [2.24, 2.45) is 0 Å². The van der Waals surface area contributed by atoms with Gasteiger partial charge in [0.2, 0.25) is 0 Å². The Kier molecular flexibility index (Phi) is 3.83. The summed E-state index contributed by atoms with van der Waals surface area (Å²) in [7, 11) is 0. The van der Waals surface area contributed by atoms with Crippen LogP contribution in [-0.4, -0.2) is 16.1 Å². The molecule has 0 saturated heterocycles. The summed E-state index contributed by atoms with van der Waals surface area (Å²) in [6, 6.07) is 13.9. The van der Waals surface area contributed by atoms with Crippen LogP contribution in [0.25, 0.3) is 10.9 Å². The van der Waals surface area contributed by atoms with E-state index in [1.54, 1.807) is 6.20 Å². The summed E-state index contributed by atoms with van der Waals surface area (Å²) in [5, 5.41) is 13.2. The van der Waals surface area contributed by atoms with Gasteiger partial charge in [-0.25, -0.2) is 0 Å². The molecule has 106 valence electrons. The van der Waals surface area contributed by atoms with E-state index in [-0.39, 0.29) is 6.42 Å².